The Kier molecular flexibility index (Phi) is 5.93. The van der Waals surface area contributed by atoms with Gasteiger partial charge in [0.1, 0.15) is 17.2 Å². The highest BCUT2D eigenvalue weighted by Gasteiger charge is 2.43. The molecule has 0 bridgehead atoms. The van der Waals surface area contributed by atoms with Crippen molar-refractivity contribution in [1.29, 1.82) is 0 Å². The highest BCUT2D eigenvalue weighted by Crippen LogP contribution is 2.42. The van der Waals surface area contributed by atoms with Crippen molar-refractivity contribution >= 4 is 29.3 Å². The molecular formula is C19H17FN2O5S. The maximum Gasteiger partial charge on any atom is 0.329 e. The van der Waals surface area contributed by atoms with E-state index in [0.717, 1.165) is 0 Å². The Morgan fingerprint density at radius 1 is 1.21 bits per heavy atom. The fourth-order valence-electron chi connectivity index (χ4n) is 2.93. The second kappa shape index (κ2) is 8.39. The van der Waals surface area contributed by atoms with Gasteiger partial charge in [-0.3, -0.25) is 14.9 Å². The maximum absolute atomic E-state index is 13.3. The van der Waals surface area contributed by atoms with E-state index in [1.807, 2.05) is 0 Å². The zero-order chi connectivity index (χ0) is 20.3. The number of halogens is 1. The molecule has 0 radical (unpaired) electrons. The molecule has 0 aromatic heterocycles. The predicted molar refractivity (Wildman–Crippen MR) is 101 cm³/mol. The Hall–Kier alpha value is -2.94. The van der Waals surface area contributed by atoms with Crippen LogP contribution in [0, 0.1) is 15.9 Å². The molecule has 2 aromatic rings. The maximum atomic E-state index is 13.3. The summed E-state index contributed by atoms with van der Waals surface area (Å²) in [5.41, 5.74) is 0.757. The van der Waals surface area contributed by atoms with E-state index < -0.39 is 34.0 Å². The molecule has 0 N–H and O–H groups in total. The number of rotatable bonds is 5. The van der Waals surface area contributed by atoms with Gasteiger partial charge in [-0.2, -0.15) is 0 Å². The molecule has 7 nitrogen and oxygen atoms in total. The first-order valence-electron chi connectivity index (χ1n) is 8.53. The predicted octanol–water partition coefficient (Wildman–Crippen LogP) is 3.55. The van der Waals surface area contributed by atoms with Crippen molar-refractivity contribution in [2.24, 2.45) is 0 Å². The van der Waals surface area contributed by atoms with Gasteiger partial charge in [0, 0.05) is 23.4 Å². The van der Waals surface area contributed by atoms with Crippen LogP contribution >= 0.6 is 11.8 Å². The van der Waals surface area contributed by atoms with Crippen molar-refractivity contribution in [2.75, 3.05) is 12.4 Å². The molecule has 1 fully saturated rings. The van der Waals surface area contributed by atoms with Crippen LogP contribution in [0.5, 0.6) is 0 Å². The Labute approximate surface area is 164 Å². The SMILES string of the molecule is CCOC(=O)C1CSC(c2ccc(F)cc2)N1C(=O)c1ccc([N+](=O)[O-])cc1. The smallest absolute Gasteiger partial charge is 0.329 e. The van der Waals surface area contributed by atoms with Gasteiger partial charge in [-0.15, -0.1) is 11.8 Å². The Morgan fingerprint density at radius 3 is 2.43 bits per heavy atom. The molecule has 2 aromatic carbocycles. The summed E-state index contributed by atoms with van der Waals surface area (Å²) in [6, 6.07) is 10.1. The first kappa shape index (κ1) is 19.8. The molecule has 0 aliphatic carbocycles. The van der Waals surface area contributed by atoms with Gasteiger partial charge in [0.15, 0.2) is 0 Å². The van der Waals surface area contributed by atoms with Crippen LogP contribution in [0.15, 0.2) is 48.5 Å². The fraction of sp³-hybridized carbons (Fsp3) is 0.263. The minimum absolute atomic E-state index is 0.135. The normalized spacial score (nSPS) is 18.7. The van der Waals surface area contributed by atoms with E-state index >= 15 is 0 Å². The molecule has 0 spiro atoms. The third kappa shape index (κ3) is 3.99. The summed E-state index contributed by atoms with van der Waals surface area (Å²) < 4.78 is 18.4. The lowest BCUT2D eigenvalue weighted by molar-refractivity contribution is -0.384. The summed E-state index contributed by atoms with van der Waals surface area (Å²) in [5.74, 6) is -1.04. The number of nitro groups is 1. The Bertz CT molecular complexity index is 888. The third-order valence-electron chi connectivity index (χ3n) is 4.27. The van der Waals surface area contributed by atoms with Crippen LogP contribution in [0.2, 0.25) is 0 Å². The average molecular weight is 404 g/mol. The molecule has 1 heterocycles. The van der Waals surface area contributed by atoms with E-state index in [1.54, 1.807) is 19.1 Å². The van der Waals surface area contributed by atoms with Crippen molar-refractivity contribution in [3.05, 3.63) is 75.6 Å². The van der Waals surface area contributed by atoms with Crippen LogP contribution in [0.25, 0.3) is 0 Å². The van der Waals surface area contributed by atoms with Gasteiger partial charge in [0.05, 0.1) is 11.5 Å². The lowest BCUT2D eigenvalue weighted by Crippen LogP contribution is -2.43. The molecule has 1 aliphatic rings. The topological polar surface area (TPSA) is 89.8 Å². The third-order valence-corrected chi connectivity index (χ3v) is 5.60. The molecule has 2 atom stereocenters. The number of nitrogens with zero attached hydrogens (tertiary/aromatic N) is 2. The number of hydrogen-bond donors (Lipinski definition) is 0. The van der Waals surface area contributed by atoms with Gasteiger partial charge in [-0.1, -0.05) is 12.1 Å². The zero-order valence-electron chi connectivity index (χ0n) is 14.9. The largest absolute Gasteiger partial charge is 0.464 e. The number of thioether (sulfide) groups is 1. The molecule has 2 unspecified atom stereocenters. The molecule has 9 heteroatoms. The van der Waals surface area contributed by atoms with E-state index in [4.69, 9.17) is 4.74 Å². The first-order chi connectivity index (χ1) is 13.4. The molecule has 1 amide bonds. The number of carbonyl (C=O) groups excluding carboxylic acids is 2. The van der Waals surface area contributed by atoms with E-state index in [1.165, 1.54) is 53.1 Å². The van der Waals surface area contributed by atoms with E-state index in [-0.39, 0.29) is 17.9 Å². The zero-order valence-corrected chi connectivity index (χ0v) is 15.7. The molecule has 146 valence electrons. The highest BCUT2D eigenvalue weighted by atomic mass is 32.2. The molecule has 3 rings (SSSR count). The second-order valence-corrected chi connectivity index (χ2v) is 7.13. The minimum Gasteiger partial charge on any atom is -0.464 e. The summed E-state index contributed by atoms with van der Waals surface area (Å²) in [7, 11) is 0. The van der Waals surface area contributed by atoms with Gasteiger partial charge in [0.2, 0.25) is 0 Å². The molecule has 1 aliphatic heterocycles. The van der Waals surface area contributed by atoms with Crippen molar-refractivity contribution in [1.82, 2.24) is 4.90 Å². The molecular weight excluding hydrogens is 387 g/mol. The monoisotopic (exact) mass is 404 g/mol. The average Bonchev–Trinajstić information content (AvgIpc) is 3.13. The van der Waals surface area contributed by atoms with Crippen LogP contribution in [-0.4, -0.2) is 40.1 Å². The van der Waals surface area contributed by atoms with Crippen LogP contribution in [0.1, 0.15) is 28.2 Å². The summed E-state index contributed by atoms with van der Waals surface area (Å²) >= 11 is 1.38. The summed E-state index contributed by atoms with van der Waals surface area (Å²) in [4.78, 5) is 37.2. The van der Waals surface area contributed by atoms with Crippen LogP contribution < -0.4 is 0 Å². The van der Waals surface area contributed by atoms with Gasteiger partial charge in [0.25, 0.3) is 11.6 Å². The second-order valence-electron chi connectivity index (χ2n) is 6.02. The van der Waals surface area contributed by atoms with Gasteiger partial charge < -0.3 is 9.64 Å². The number of ether oxygens (including phenoxy) is 1. The lowest BCUT2D eigenvalue weighted by Gasteiger charge is -2.28. The standard InChI is InChI=1S/C19H17FN2O5S/c1-2-27-19(24)16-11-28-18(13-3-7-14(20)8-4-13)21(16)17(23)12-5-9-15(10-6-12)22(25)26/h3-10,16,18H,2,11H2,1H3. The Morgan fingerprint density at radius 2 is 1.86 bits per heavy atom. The van der Waals surface area contributed by atoms with E-state index in [2.05, 4.69) is 0 Å². The van der Waals surface area contributed by atoms with E-state index in [0.29, 0.717) is 11.3 Å². The van der Waals surface area contributed by atoms with Gasteiger partial charge >= 0.3 is 5.97 Å². The molecule has 0 saturated carbocycles. The summed E-state index contributed by atoms with van der Waals surface area (Å²) in [6.07, 6.45) is 0. The van der Waals surface area contributed by atoms with Crippen molar-refractivity contribution < 1.29 is 23.6 Å². The van der Waals surface area contributed by atoms with Crippen LogP contribution in [-0.2, 0) is 9.53 Å². The molecule has 28 heavy (non-hydrogen) atoms. The first-order valence-corrected chi connectivity index (χ1v) is 9.58. The lowest BCUT2D eigenvalue weighted by atomic mass is 10.1. The minimum atomic E-state index is -0.803. The van der Waals surface area contributed by atoms with Crippen molar-refractivity contribution in [3.8, 4) is 0 Å². The van der Waals surface area contributed by atoms with Crippen LogP contribution in [0.3, 0.4) is 0 Å². The number of amides is 1. The molecule has 1 saturated heterocycles. The van der Waals surface area contributed by atoms with E-state index in [9.17, 15) is 24.1 Å². The number of benzene rings is 2. The Balaban J connectivity index is 1.95. The number of hydrogen-bond acceptors (Lipinski definition) is 6. The highest BCUT2D eigenvalue weighted by molar-refractivity contribution is 7.99. The van der Waals surface area contributed by atoms with Crippen LogP contribution in [0.4, 0.5) is 10.1 Å². The number of carbonyl (C=O) groups is 2. The van der Waals surface area contributed by atoms with Crippen molar-refractivity contribution in [3.63, 3.8) is 0 Å². The van der Waals surface area contributed by atoms with Gasteiger partial charge in [-0.25, -0.2) is 9.18 Å². The fourth-order valence-corrected chi connectivity index (χ4v) is 4.35. The quantitative estimate of drug-likeness (QED) is 0.430. The summed E-state index contributed by atoms with van der Waals surface area (Å²) in [5, 5.41) is 10.3. The number of esters is 1. The van der Waals surface area contributed by atoms with Crippen molar-refractivity contribution in [2.45, 2.75) is 18.3 Å². The van der Waals surface area contributed by atoms with Gasteiger partial charge in [-0.05, 0) is 36.8 Å². The number of non-ortho nitro benzene ring substituents is 1. The summed E-state index contributed by atoms with van der Waals surface area (Å²) in [6.45, 7) is 1.86. The number of nitro benzene ring substituents is 1.